The largest absolute Gasteiger partial charge is 0.465 e. The van der Waals surface area contributed by atoms with Crippen molar-refractivity contribution in [2.24, 2.45) is 11.8 Å². The number of nitrogens with zero attached hydrogens (tertiary/aromatic N) is 2. The molecule has 1 N–H and O–H groups in total. The number of thioether (sulfide) groups is 1. The number of esters is 1. The third-order valence-corrected chi connectivity index (χ3v) is 10.4. The Morgan fingerprint density at radius 1 is 1.32 bits per heavy atom. The molecule has 2 bridgehead atoms. The van der Waals surface area contributed by atoms with Gasteiger partial charge in [0.15, 0.2) is 0 Å². The molecule has 3 unspecified atom stereocenters. The van der Waals surface area contributed by atoms with E-state index in [1.165, 1.54) is 0 Å². The Balaban J connectivity index is 1.92. The Morgan fingerprint density at radius 2 is 2.06 bits per heavy atom. The Hall–Kier alpha value is -1.32. The molecule has 0 aromatic heterocycles. The molecule has 0 radical (unpaired) electrons. The van der Waals surface area contributed by atoms with Gasteiger partial charge in [-0.3, -0.25) is 14.4 Å². The predicted octanol–water partition coefficient (Wildman–Crippen LogP) is 3.16. The zero-order valence-electron chi connectivity index (χ0n) is 20.2. The summed E-state index contributed by atoms with van der Waals surface area (Å²) in [5.74, 6) is -1.81. The van der Waals surface area contributed by atoms with Crippen LogP contribution in [0.15, 0.2) is 25.3 Å². The minimum Gasteiger partial charge on any atom is -0.465 e. The van der Waals surface area contributed by atoms with Crippen LogP contribution in [0.5, 0.6) is 0 Å². The lowest BCUT2D eigenvalue weighted by molar-refractivity contribution is -0.154. The molecule has 1 spiro atoms. The van der Waals surface area contributed by atoms with Crippen molar-refractivity contribution in [1.82, 2.24) is 9.80 Å². The fraction of sp³-hybridized carbons (Fsp3) is 0.720. The highest BCUT2D eigenvalue weighted by Gasteiger charge is 2.76. The molecule has 0 aromatic rings. The highest BCUT2D eigenvalue weighted by atomic mass is 79.9. The maximum atomic E-state index is 13.9. The van der Waals surface area contributed by atoms with Crippen molar-refractivity contribution in [3.8, 4) is 0 Å². The number of amides is 2. The first-order valence-electron chi connectivity index (χ1n) is 12.2. The molecule has 2 amide bonds. The monoisotopic (exact) mass is 556 g/mol. The number of ether oxygens (including phenoxy) is 1. The second kappa shape index (κ2) is 11.6. The smallest absolute Gasteiger partial charge is 0.310 e. The average molecular weight is 558 g/mol. The van der Waals surface area contributed by atoms with E-state index in [9.17, 15) is 19.5 Å². The second-order valence-electron chi connectivity index (χ2n) is 9.60. The van der Waals surface area contributed by atoms with Crippen LogP contribution >= 0.6 is 27.7 Å². The number of aliphatic hydroxyl groups excluding tert-OH is 1. The summed E-state index contributed by atoms with van der Waals surface area (Å²) < 4.78 is 4.95. The van der Waals surface area contributed by atoms with E-state index in [0.717, 1.165) is 19.3 Å². The van der Waals surface area contributed by atoms with Crippen molar-refractivity contribution in [2.45, 2.75) is 72.9 Å². The van der Waals surface area contributed by atoms with Gasteiger partial charge in [0.05, 0.1) is 23.2 Å². The normalized spacial score (nSPS) is 31.6. The summed E-state index contributed by atoms with van der Waals surface area (Å²) in [5.41, 5.74) is 0. The topological polar surface area (TPSA) is 87.1 Å². The SMILES string of the molecule is C=CCCCCOC(=O)[C@H]1[C@H]2C(=O)N(CCCO)C(C(=O)N(CC=C)C(C)C)C23CC(Br)[C@@H]1S3. The Morgan fingerprint density at radius 3 is 2.68 bits per heavy atom. The maximum Gasteiger partial charge on any atom is 0.310 e. The van der Waals surface area contributed by atoms with Crippen LogP contribution in [-0.2, 0) is 19.1 Å². The van der Waals surface area contributed by atoms with Crippen LogP contribution in [0.4, 0.5) is 0 Å². The van der Waals surface area contributed by atoms with E-state index in [-0.39, 0.29) is 47.1 Å². The van der Waals surface area contributed by atoms with Crippen LogP contribution in [0.2, 0.25) is 0 Å². The number of likely N-dealkylation sites (tertiary alicyclic amines) is 1. The zero-order chi connectivity index (χ0) is 25.0. The van der Waals surface area contributed by atoms with Crippen LogP contribution in [0.1, 0.15) is 46.0 Å². The highest BCUT2D eigenvalue weighted by molar-refractivity contribution is 9.09. The molecule has 3 aliphatic rings. The molecule has 0 aromatic carbocycles. The Kier molecular flexibility index (Phi) is 9.31. The molecule has 34 heavy (non-hydrogen) atoms. The van der Waals surface area contributed by atoms with Gasteiger partial charge in [-0.2, -0.15) is 0 Å². The number of aliphatic hydroxyl groups is 1. The predicted molar refractivity (Wildman–Crippen MR) is 138 cm³/mol. The number of carbonyl (C=O) groups is 3. The maximum absolute atomic E-state index is 13.9. The number of alkyl halides is 1. The van der Waals surface area contributed by atoms with Gasteiger partial charge in [0, 0.05) is 35.8 Å². The van der Waals surface area contributed by atoms with Gasteiger partial charge in [0.1, 0.15) is 6.04 Å². The molecule has 3 heterocycles. The molecule has 9 heteroatoms. The Bertz CT molecular complexity index is 808. The van der Waals surface area contributed by atoms with Gasteiger partial charge in [-0.1, -0.05) is 28.1 Å². The van der Waals surface area contributed by atoms with Gasteiger partial charge >= 0.3 is 5.97 Å². The van der Waals surface area contributed by atoms with E-state index in [0.29, 0.717) is 26.0 Å². The van der Waals surface area contributed by atoms with Crippen molar-refractivity contribution in [3.63, 3.8) is 0 Å². The van der Waals surface area contributed by atoms with Crippen LogP contribution < -0.4 is 0 Å². The number of hydrogen-bond donors (Lipinski definition) is 1. The third-order valence-electron chi connectivity index (χ3n) is 7.13. The number of fused-ring (bicyclic) bond motifs is 1. The van der Waals surface area contributed by atoms with Crippen LogP contribution in [-0.4, -0.2) is 85.9 Å². The molecule has 7 nitrogen and oxygen atoms in total. The summed E-state index contributed by atoms with van der Waals surface area (Å²) in [4.78, 5) is 44.4. The Labute approximate surface area is 215 Å². The molecule has 3 rings (SSSR count). The van der Waals surface area contributed by atoms with E-state index >= 15 is 0 Å². The van der Waals surface area contributed by atoms with Gasteiger partial charge in [-0.05, 0) is 46.0 Å². The average Bonchev–Trinajstić information content (AvgIpc) is 3.38. The molecular formula is C25H37BrN2O5S. The minimum atomic E-state index is -0.691. The lowest BCUT2D eigenvalue weighted by Crippen LogP contribution is -2.56. The lowest BCUT2D eigenvalue weighted by Gasteiger charge is -2.39. The van der Waals surface area contributed by atoms with Crippen molar-refractivity contribution in [1.29, 1.82) is 0 Å². The number of carbonyl (C=O) groups excluding carboxylic acids is 3. The molecule has 3 saturated heterocycles. The van der Waals surface area contributed by atoms with Gasteiger partial charge in [0.2, 0.25) is 11.8 Å². The lowest BCUT2D eigenvalue weighted by atomic mass is 9.71. The number of hydrogen-bond acceptors (Lipinski definition) is 6. The van der Waals surface area contributed by atoms with E-state index in [1.54, 1.807) is 27.6 Å². The third kappa shape index (κ3) is 4.85. The quantitative estimate of drug-likeness (QED) is 0.162. The van der Waals surface area contributed by atoms with Gasteiger partial charge < -0.3 is 19.6 Å². The van der Waals surface area contributed by atoms with Crippen molar-refractivity contribution < 1.29 is 24.2 Å². The summed E-state index contributed by atoms with van der Waals surface area (Å²) in [6, 6.07) is -0.741. The van der Waals surface area contributed by atoms with Gasteiger partial charge in [-0.25, -0.2) is 0 Å². The van der Waals surface area contributed by atoms with E-state index in [1.807, 2.05) is 19.9 Å². The zero-order valence-corrected chi connectivity index (χ0v) is 22.6. The van der Waals surface area contributed by atoms with E-state index in [4.69, 9.17) is 4.74 Å². The summed E-state index contributed by atoms with van der Waals surface area (Å²) in [5, 5.41) is 9.34. The second-order valence-corrected chi connectivity index (χ2v) is 12.3. The molecule has 3 aliphatic heterocycles. The number of allylic oxidation sites excluding steroid dienone is 1. The highest BCUT2D eigenvalue weighted by Crippen LogP contribution is 2.68. The van der Waals surface area contributed by atoms with Crippen molar-refractivity contribution in [2.75, 3.05) is 26.3 Å². The summed E-state index contributed by atoms with van der Waals surface area (Å²) in [6.07, 6.45) is 7.06. The van der Waals surface area contributed by atoms with Crippen LogP contribution in [0.3, 0.4) is 0 Å². The standard InChI is InChI=1S/C25H37BrN2O5S/c1-5-7-8-9-14-33-24(32)18-19-22(30)28(12-10-13-29)21(23(31)27(11-6-2)16(3)4)25(19)15-17(26)20(18)34-25/h5-6,16-21,29H,1-2,7-15H2,3-4H3/t17?,18-,19-,20-,21?,25?/m0/s1. The molecule has 3 fully saturated rings. The summed E-state index contributed by atoms with van der Waals surface area (Å²) >= 11 is 5.36. The van der Waals surface area contributed by atoms with Gasteiger partial charge in [-0.15, -0.1) is 24.9 Å². The first kappa shape index (κ1) is 27.3. The number of halogens is 1. The number of unbranched alkanes of at least 4 members (excludes halogenated alkanes) is 2. The molecule has 0 aliphatic carbocycles. The first-order chi connectivity index (χ1) is 16.2. The summed E-state index contributed by atoms with van der Waals surface area (Å²) in [6.45, 7) is 12.3. The van der Waals surface area contributed by atoms with Crippen LogP contribution in [0, 0.1) is 11.8 Å². The van der Waals surface area contributed by atoms with Crippen molar-refractivity contribution in [3.05, 3.63) is 25.3 Å². The van der Waals surface area contributed by atoms with Gasteiger partial charge in [0.25, 0.3) is 0 Å². The fourth-order valence-electron chi connectivity index (χ4n) is 5.67. The first-order valence-corrected chi connectivity index (χ1v) is 14.0. The van der Waals surface area contributed by atoms with E-state index in [2.05, 4.69) is 29.1 Å². The van der Waals surface area contributed by atoms with E-state index < -0.39 is 22.6 Å². The summed E-state index contributed by atoms with van der Waals surface area (Å²) in [7, 11) is 0. The van der Waals surface area contributed by atoms with Crippen molar-refractivity contribution >= 4 is 45.5 Å². The molecule has 0 saturated carbocycles. The number of rotatable bonds is 13. The molecular weight excluding hydrogens is 520 g/mol. The minimum absolute atomic E-state index is 0.0138. The van der Waals surface area contributed by atoms with Crippen LogP contribution in [0.25, 0.3) is 0 Å². The fourth-order valence-corrected chi connectivity index (χ4v) is 9.27. The molecule has 190 valence electrons. The molecule has 6 atom stereocenters.